The third-order valence-corrected chi connectivity index (χ3v) is 5.81. The molecule has 2 aliphatic rings. The quantitative estimate of drug-likeness (QED) is 0.921. The van der Waals surface area contributed by atoms with Crippen molar-refractivity contribution in [3.63, 3.8) is 0 Å². The maximum absolute atomic E-state index is 13.9. The molecule has 4 nitrogen and oxygen atoms in total. The Morgan fingerprint density at radius 3 is 2.79 bits per heavy atom. The fraction of sp³-hybridized carbons (Fsp3) is 0.611. The summed E-state index contributed by atoms with van der Waals surface area (Å²) in [6, 6.07) is 3.37. The molecular weight excluding hydrogens is 314 g/mol. The monoisotopic (exact) mass is 338 g/mol. The largest absolute Gasteiger partial charge is 0.377 e. The molecule has 0 bridgehead atoms. The summed E-state index contributed by atoms with van der Waals surface area (Å²) in [4.78, 5) is 14.5. The Balaban J connectivity index is 1.80. The van der Waals surface area contributed by atoms with E-state index in [-0.39, 0.29) is 30.0 Å². The molecule has 132 valence electrons. The first-order valence-electron chi connectivity index (χ1n) is 8.29. The van der Waals surface area contributed by atoms with Crippen molar-refractivity contribution in [1.29, 1.82) is 0 Å². The standard InChI is InChI=1S/C18H24F2N2O2/c1-17(2)15-13(5-4-8-24-15)18(17,21)16(23)22(3)10-11-6-7-12(19)9-14(11)20/h6-7,9,13,15H,4-5,8,10,21H2,1-3H3. The average Bonchev–Trinajstić information content (AvgIpc) is 2.55. The van der Waals surface area contributed by atoms with E-state index in [2.05, 4.69) is 0 Å². The minimum absolute atomic E-state index is 0.0174. The third-order valence-electron chi connectivity index (χ3n) is 5.81. The Kier molecular flexibility index (Phi) is 4.16. The van der Waals surface area contributed by atoms with Gasteiger partial charge in [0.1, 0.15) is 17.2 Å². The van der Waals surface area contributed by atoms with Crippen LogP contribution in [0.25, 0.3) is 0 Å². The lowest BCUT2D eigenvalue weighted by Crippen LogP contribution is -2.82. The summed E-state index contributed by atoms with van der Waals surface area (Å²) in [6.45, 7) is 4.65. The van der Waals surface area contributed by atoms with Crippen LogP contribution in [-0.4, -0.2) is 36.1 Å². The minimum atomic E-state index is -1.02. The molecule has 3 unspecified atom stereocenters. The number of carbonyl (C=O) groups is 1. The number of ether oxygens (including phenoxy) is 1. The molecule has 0 aromatic heterocycles. The maximum atomic E-state index is 13.9. The summed E-state index contributed by atoms with van der Waals surface area (Å²) in [5.74, 6) is -1.53. The molecule has 2 N–H and O–H groups in total. The lowest BCUT2D eigenvalue weighted by Gasteiger charge is -2.65. The van der Waals surface area contributed by atoms with Gasteiger partial charge < -0.3 is 15.4 Å². The van der Waals surface area contributed by atoms with E-state index >= 15 is 0 Å². The first kappa shape index (κ1) is 17.3. The van der Waals surface area contributed by atoms with E-state index < -0.39 is 22.6 Å². The Labute approximate surface area is 141 Å². The highest BCUT2D eigenvalue weighted by Crippen LogP contribution is 2.57. The van der Waals surface area contributed by atoms with Crippen LogP contribution < -0.4 is 5.73 Å². The van der Waals surface area contributed by atoms with Crippen LogP contribution in [0.2, 0.25) is 0 Å². The molecule has 2 fully saturated rings. The summed E-state index contributed by atoms with van der Waals surface area (Å²) < 4.78 is 32.7. The van der Waals surface area contributed by atoms with Gasteiger partial charge in [0.15, 0.2) is 0 Å². The molecule has 1 saturated heterocycles. The topological polar surface area (TPSA) is 55.6 Å². The second kappa shape index (κ2) is 5.77. The molecule has 1 aromatic rings. The molecule has 3 rings (SSSR count). The Hall–Kier alpha value is -1.53. The number of amides is 1. The van der Waals surface area contributed by atoms with Crippen LogP contribution in [-0.2, 0) is 16.1 Å². The predicted octanol–water partition coefficient (Wildman–Crippen LogP) is 2.46. The number of halogens is 2. The van der Waals surface area contributed by atoms with Crippen LogP contribution in [0.5, 0.6) is 0 Å². The van der Waals surface area contributed by atoms with Gasteiger partial charge in [-0.25, -0.2) is 8.78 Å². The summed E-state index contributed by atoms with van der Waals surface area (Å²) >= 11 is 0. The van der Waals surface area contributed by atoms with Crippen molar-refractivity contribution >= 4 is 5.91 Å². The number of benzene rings is 1. The van der Waals surface area contributed by atoms with Crippen molar-refractivity contribution in [3.8, 4) is 0 Å². The zero-order valence-electron chi connectivity index (χ0n) is 14.3. The number of carbonyl (C=O) groups excluding carboxylic acids is 1. The van der Waals surface area contributed by atoms with Crippen LogP contribution >= 0.6 is 0 Å². The Morgan fingerprint density at radius 2 is 2.12 bits per heavy atom. The zero-order valence-corrected chi connectivity index (χ0v) is 14.3. The number of nitrogens with two attached hydrogens (primary N) is 1. The predicted molar refractivity (Wildman–Crippen MR) is 86.0 cm³/mol. The van der Waals surface area contributed by atoms with Gasteiger partial charge in [-0.05, 0) is 18.9 Å². The van der Waals surface area contributed by atoms with Crippen molar-refractivity contribution in [2.45, 2.75) is 44.9 Å². The van der Waals surface area contributed by atoms with E-state index in [4.69, 9.17) is 10.5 Å². The van der Waals surface area contributed by atoms with Crippen LogP contribution in [0.15, 0.2) is 18.2 Å². The highest BCUT2D eigenvalue weighted by Gasteiger charge is 2.70. The number of nitrogens with zero attached hydrogens (tertiary/aromatic N) is 1. The summed E-state index contributed by atoms with van der Waals surface area (Å²) in [6.07, 6.45) is 1.73. The van der Waals surface area contributed by atoms with E-state index in [0.717, 1.165) is 18.9 Å². The second-order valence-electron chi connectivity index (χ2n) is 7.53. The third kappa shape index (κ3) is 2.35. The van der Waals surface area contributed by atoms with Crippen LogP contribution in [0.4, 0.5) is 8.78 Å². The van der Waals surface area contributed by atoms with Crippen LogP contribution in [0, 0.1) is 23.0 Å². The molecule has 24 heavy (non-hydrogen) atoms. The summed E-state index contributed by atoms with van der Waals surface area (Å²) in [7, 11) is 1.60. The van der Waals surface area contributed by atoms with E-state index in [9.17, 15) is 13.6 Å². The van der Waals surface area contributed by atoms with Gasteiger partial charge in [0, 0.05) is 43.2 Å². The smallest absolute Gasteiger partial charge is 0.243 e. The molecule has 0 spiro atoms. The lowest BCUT2D eigenvalue weighted by molar-refractivity contribution is -0.229. The maximum Gasteiger partial charge on any atom is 0.243 e. The molecule has 1 saturated carbocycles. The van der Waals surface area contributed by atoms with E-state index in [1.165, 1.54) is 17.0 Å². The van der Waals surface area contributed by atoms with Gasteiger partial charge >= 0.3 is 0 Å². The molecule has 1 aliphatic heterocycles. The molecule has 0 radical (unpaired) electrons. The molecule has 1 amide bonds. The molecule has 1 aromatic carbocycles. The Bertz CT molecular complexity index is 664. The van der Waals surface area contributed by atoms with Gasteiger partial charge in [0.25, 0.3) is 0 Å². The lowest BCUT2D eigenvalue weighted by atomic mass is 9.46. The molecular formula is C18H24F2N2O2. The molecule has 6 heteroatoms. The normalized spacial score (nSPS) is 31.1. The number of hydrogen-bond acceptors (Lipinski definition) is 3. The van der Waals surface area contributed by atoms with Crippen LogP contribution in [0.3, 0.4) is 0 Å². The van der Waals surface area contributed by atoms with E-state index in [1.807, 2.05) is 13.8 Å². The number of hydrogen-bond donors (Lipinski definition) is 1. The zero-order chi connectivity index (χ0) is 17.7. The van der Waals surface area contributed by atoms with Crippen molar-refractivity contribution in [2.24, 2.45) is 17.1 Å². The van der Waals surface area contributed by atoms with Crippen LogP contribution in [0.1, 0.15) is 32.3 Å². The van der Waals surface area contributed by atoms with Gasteiger partial charge in [-0.3, -0.25) is 4.79 Å². The van der Waals surface area contributed by atoms with Gasteiger partial charge in [0.2, 0.25) is 5.91 Å². The van der Waals surface area contributed by atoms with E-state index in [0.29, 0.717) is 6.61 Å². The second-order valence-corrected chi connectivity index (χ2v) is 7.53. The first-order chi connectivity index (χ1) is 11.2. The van der Waals surface area contributed by atoms with E-state index in [1.54, 1.807) is 7.05 Å². The highest BCUT2D eigenvalue weighted by molar-refractivity contribution is 5.89. The van der Waals surface area contributed by atoms with Gasteiger partial charge in [-0.1, -0.05) is 19.9 Å². The minimum Gasteiger partial charge on any atom is -0.377 e. The number of likely N-dealkylation sites (N-methyl/N-ethyl adjacent to an activating group) is 1. The van der Waals surface area contributed by atoms with Gasteiger partial charge in [-0.15, -0.1) is 0 Å². The Morgan fingerprint density at radius 1 is 1.42 bits per heavy atom. The fourth-order valence-electron chi connectivity index (χ4n) is 4.30. The van der Waals surface area contributed by atoms with Crippen molar-refractivity contribution in [1.82, 2.24) is 4.90 Å². The van der Waals surface area contributed by atoms with Crippen molar-refractivity contribution in [2.75, 3.05) is 13.7 Å². The first-order valence-corrected chi connectivity index (χ1v) is 8.29. The average molecular weight is 338 g/mol. The number of fused-ring (bicyclic) bond motifs is 1. The fourth-order valence-corrected chi connectivity index (χ4v) is 4.30. The van der Waals surface area contributed by atoms with Gasteiger partial charge in [-0.2, -0.15) is 0 Å². The van der Waals surface area contributed by atoms with Gasteiger partial charge in [0.05, 0.1) is 6.10 Å². The summed E-state index contributed by atoms with van der Waals surface area (Å²) in [5, 5.41) is 0. The molecule has 1 aliphatic carbocycles. The molecule has 3 atom stereocenters. The van der Waals surface area contributed by atoms with Crippen molar-refractivity contribution in [3.05, 3.63) is 35.4 Å². The highest BCUT2D eigenvalue weighted by atomic mass is 19.1. The summed E-state index contributed by atoms with van der Waals surface area (Å²) in [5.41, 5.74) is 5.33. The SMILES string of the molecule is CN(Cc1ccc(F)cc1F)C(=O)C1(N)C2CCCOC2C1(C)C. The number of rotatable bonds is 3. The molecule has 1 heterocycles. The van der Waals surface area contributed by atoms with Crippen molar-refractivity contribution < 1.29 is 18.3 Å².